The summed E-state index contributed by atoms with van der Waals surface area (Å²) in [4.78, 5) is 29.3. The highest BCUT2D eigenvalue weighted by Gasteiger charge is 2.22. The number of aromatic nitrogens is 3. The normalized spacial score (nSPS) is 10.9. The third kappa shape index (κ3) is 3.46. The smallest absolute Gasteiger partial charge is 0.287 e. The minimum Gasteiger partial charge on any atom is -0.497 e. The van der Waals surface area contributed by atoms with Crippen LogP contribution in [-0.4, -0.2) is 33.9 Å². The van der Waals surface area contributed by atoms with Gasteiger partial charge in [-0.25, -0.2) is 0 Å². The van der Waals surface area contributed by atoms with Crippen LogP contribution in [0.2, 0.25) is 0 Å². The van der Waals surface area contributed by atoms with Crippen LogP contribution >= 0.6 is 11.8 Å². The molecule has 0 bridgehead atoms. The van der Waals surface area contributed by atoms with Crippen molar-refractivity contribution in [3.63, 3.8) is 0 Å². The van der Waals surface area contributed by atoms with Gasteiger partial charge in [-0.2, -0.15) is 9.61 Å². The number of carbonyl (C=O) groups is 1. The lowest BCUT2D eigenvalue weighted by atomic mass is 10.1. The Labute approximate surface area is 177 Å². The number of fused-ring (bicyclic) bond motifs is 1. The molecule has 0 aliphatic rings. The molecule has 0 saturated carbocycles. The summed E-state index contributed by atoms with van der Waals surface area (Å²) in [6, 6.07) is 16.7. The molecular weight excluding hydrogens is 400 g/mol. The lowest BCUT2D eigenvalue weighted by molar-refractivity contribution is 0.102. The maximum absolute atomic E-state index is 13.2. The number of carbonyl (C=O) groups excluding carboxylic acids is 1. The number of thioether (sulfide) groups is 1. The zero-order chi connectivity index (χ0) is 21.3. The molecule has 2 N–H and O–H groups in total. The molecule has 0 radical (unpaired) electrons. The van der Waals surface area contributed by atoms with Gasteiger partial charge in [0, 0.05) is 17.4 Å². The fraction of sp³-hybridized carbons (Fsp3) is 0.136. The summed E-state index contributed by atoms with van der Waals surface area (Å²) in [7, 11) is 1.55. The van der Waals surface area contributed by atoms with Gasteiger partial charge >= 0.3 is 0 Å². The second-order valence-corrected chi connectivity index (χ2v) is 7.42. The Morgan fingerprint density at radius 2 is 1.93 bits per heavy atom. The number of nitrogens with one attached hydrogen (secondary N) is 2. The topological polar surface area (TPSA) is 88.5 Å². The molecule has 0 spiro atoms. The van der Waals surface area contributed by atoms with E-state index in [1.165, 1.54) is 16.3 Å². The predicted molar refractivity (Wildman–Crippen MR) is 119 cm³/mol. The number of amides is 1. The van der Waals surface area contributed by atoms with Crippen molar-refractivity contribution in [1.29, 1.82) is 0 Å². The molecule has 4 rings (SSSR count). The number of rotatable bonds is 5. The van der Waals surface area contributed by atoms with E-state index in [9.17, 15) is 9.59 Å². The SMILES string of the molecule is COc1cccc(NC(=O)c2c(C)[nH]c3c(-c4ccccc4)c(SC)nn3c2=O)c1. The number of methoxy groups -OCH3 is 1. The second kappa shape index (κ2) is 8.08. The first-order valence-electron chi connectivity index (χ1n) is 9.24. The van der Waals surface area contributed by atoms with Crippen LogP contribution in [0.1, 0.15) is 16.1 Å². The highest BCUT2D eigenvalue weighted by molar-refractivity contribution is 7.98. The third-order valence-corrected chi connectivity index (χ3v) is 5.42. The van der Waals surface area contributed by atoms with E-state index in [2.05, 4.69) is 15.4 Å². The average molecular weight is 420 g/mol. The highest BCUT2D eigenvalue weighted by Crippen LogP contribution is 2.32. The number of hydrogen-bond donors (Lipinski definition) is 2. The maximum Gasteiger partial charge on any atom is 0.287 e. The van der Waals surface area contributed by atoms with E-state index in [-0.39, 0.29) is 5.56 Å². The van der Waals surface area contributed by atoms with Crippen LogP contribution in [0.5, 0.6) is 5.75 Å². The van der Waals surface area contributed by atoms with Gasteiger partial charge in [0.2, 0.25) is 0 Å². The lowest BCUT2D eigenvalue weighted by Gasteiger charge is -2.09. The summed E-state index contributed by atoms with van der Waals surface area (Å²) < 4.78 is 6.45. The number of aryl methyl sites for hydroxylation is 1. The summed E-state index contributed by atoms with van der Waals surface area (Å²) in [6.45, 7) is 1.71. The molecule has 0 fully saturated rings. The Hall–Kier alpha value is -3.52. The van der Waals surface area contributed by atoms with Crippen molar-refractivity contribution in [3.8, 4) is 16.9 Å². The number of benzene rings is 2. The molecule has 0 unspecified atom stereocenters. The van der Waals surface area contributed by atoms with Gasteiger partial charge in [0.1, 0.15) is 22.0 Å². The largest absolute Gasteiger partial charge is 0.497 e. The number of nitrogens with zero attached hydrogens (tertiary/aromatic N) is 2. The van der Waals surface area contributed by atoms with E-state index >= 15 is 0 Å². The maximum atomic E-state index is 13.2. The van der Waals surface area contributed by atoms with E-state index in [1.807, 2.05) is 36.6 Å². The van der Waals surface area contributed by atoms with E-state index in [0.717, 1.165) is 11.1 Å². The summed E-state index contributed by atoms with van der Waals surface area (Å²) in [6.07, 6.45) is 1.90. The van der Waals surface area contributed by atoms with Crippen LogP contribution in [0.25, 0.3) is 16.8 Å². The first kappa shape index (κ1) is 19.8. The Kier molecular flexibility index (Phi) is 5.33. The Balaban J connectivity index is 1.83. The molecule has 2 aromatic carbocycles. The van der Waals surface area contributed by atoms with Crippen LogP contribution < -0.4 is 15.6 Å². The molecule has 2 aromatic heterocycles. The van der Waals surface area contributed by atoms with Gasteiger partial charge in [-0.1, -0.05) is 36.4 Å². The van der Waals surface area contributed by atoms with Crippen molar-refractivity contribution in [1.82, 2.24) is 14.6 Å². The summed E-state index contributed by atoms with van der Waals surface area (Å²) >= 11 is 1.45. The molecule has 0 saturated heterocycles. The Morgan fingerprint density at radius 3 is 2.63 bits per heavy atom. The van der Waals surface area contributed by atoms with Crippen molar-refractivity contribution in [2.45, 2.75) is 11.9 Å². The molecule has 0 aliphatic carbocycles. The van der Waals surface area contributed by atoms with Gasteiger partial charge in [0.25, 0.3) is 11.5 Å². The summed E-state index contributed by atoms with van der Waals surface area (Å²) in [5.74, 6) is 0.101. The highest BCUT2D eigenvalue weighted by atomic mass is 32.2. The van der Waals surface area contributed by atoms with Crippen LogP contribution in [0.4, 0.5) is 5.69 Å². The van der Waals surface area contributed by atoms with Crippen molar-refractivity contribution >= 4 is 29.0 Å². The van der Waals surface area contributed by atoms with Gasteiger partial charge in [-0.3, -0.25) is 9.59 Å². The fourth-order valence-corrected chi connectivity index (χ4v) is 3.92. The molecule has 7 nitrogen and oxygen atoms in total. The molecule has 0 aliphatic heterocycles. The van der Waals surface area contributed by atoms with Gasteiger partial charge in [0.15, 0.2) is 0 Å². The number of H-pyrrole nitrogens is 1. The van der Waals surface area contributed by atoms with Crippen molar-refractivity contribution in [2.75, 3.05) is 18.7 Å². The standard InChI is InChI=1S/C22H20N4O3S/c1-13-17(20(27)24-15-10-7-11-16(12-15)29-2)22(28)26-19(23-13)18(21(25-26)30-3)14-8-5-4-6-9-14/h4-12,23H,1-3H3,(H,24,27). The van der Waals surface area contributed by atoms with Gasteiger partial charge in [0.05, 0.1) is 12.7 Å². The van der Waals surface area contributed by atoms with Crippen LogP contribution in [0, 0.1) is 6.92 Å². The zero-order valence-electron chi connectivity index (χ0n) is 16.7. The van der Waals surface area contributed by atoms with E-state index in [0.29, 0.717) is 27.8 Å². The fourth-order valence-electron chi connectivity index (χ4n) is 3.34. The van der Waals surface area contributed by atoms with Crippen LogP contribution in [0.15, 0.2) is 64.4 Å². The lowest BCUT2D eigenvalue weighted by Crippen LogP contribution is -2.29. The minimum atomic E-state index is -0.508. The molecule has 152 valence electrons. The number of aromatic amines is 1. The Morgan fingerprint density at radius 1 is 1.17 bits per heavy atom. The summed E-state index contributed by atoms with van der Waals surface area (Å²) in [5, 5.41) is 7.93. The summed E-state index contributed by atoms with van der Waals surface area (Å²) in [5.41, 5.74) is 2.89. The number of hydrogen-bond acceptors (Lipinski definition) is 5. The van der Waals surface area contributed by atoms with Crippen LogP contribution in [-0.2, 0) is 0 Å². The van der Waals surface area contributed by atoms with E-state index < -0.39 is 11.5 Å². The van der Waals surface area contributed by atoms with Crippen molar-refractivity contribution in [2.24, 2.45) is 0 Å². The quantitative estimate of drug-likeness (QED) is 0.477. The average Bonchev–Trinajstić information content (AvgIpc) is 3.13. The monoisotopic (exact) mass is 420 g/mol. The minimum absolute atomic E-state index is 0.0140. The number of anilines is 1. The second-order valence-electron chi connectivity index (χ2n) is 6.63. The third-order valence-electron chi connectivity index (χ3n) is 4.75. The van der Waals surface area contributed by atoms with Crippen molar-refractivity contribution < 1.29 is 9.53 Å². The van der Waals surface area contributed by atoms with Crippen molar-refractivity contribution in [3.05, 3.63) is 76.2 Å². The first-order chi connectivity index (χ1) is 14.5. The van der Waals surface area contributed by atoms with Crippen LogP contribution in [0.3, 0.4) is 0 Å². The van der Waals surface area contributed by atoms with Gasteiger partial charge in [-0.15, -0.1) is 11.8 Å². The molecule has 4 aromatic rings. The Bertz CT molecular complexity index is 1300. The van der Waals surface area contributed by atoms with E-state index in [1.54, 1.807) is 38.3 Å². The van der Waals surface area contributed by atoms with E-state index in [4.69, 9.17) is 4.74 Å². The molecular formula is C22H20N4O3S. The molecule has 8 heteroatoms. The first-order valence-corrected chi connectivity index (χ1v) is 10.5. The molecule has 0 atom stereocenters. The van der Waals surface area contributed by atoms with Gasteiger partial charge < -0.3 is 15.0 Å². The van der Waals surface area contributed by atoms with Gasteiger partial charge in [-0.05, 0) is 30.9 Å². The zero-order valence-corrected chi connectivity index (χ0v) is 17.5. The molecule has 1 amide bonds. The predicted octanol–water partition coefficient (Wildman–Crippen LogP) is 3.98. The molecule has 2 heterocycles. The molecule has 30 heavy (non-hydrogen) atoms. The number of ether oxygens (including phenoxy) is 1.